The van der Waals surface area contributed by atoms with E-state index in [1.807, 2.05) is 53.2 Å². The highest BCUT2D eigenvalue weighted by Crippen LogP contribution is 2.34. The number of ether oxygens (including phenoxy) is 2. The van der Waals surface area contributed by atoms with Crippen LogP contribution in [0, 0.1) is 6.92 Å². The third-order valence-corrected chi connectivity index (χ3v) is 6.06. The van der Waals surface area contributed by atoms with Gasteiger partial charge in [0.25, 0.3) is 0 Å². The minimum absolute atomic E-state index is 0.121. The molecule has 0 atom stereocenters. The molecule has 2 heterocycles. The van der Waals surface area contributed by atoms with Crippen LogP contribution in [0.4, 0.5) is 5.69 Å². The Labute approximate surface area is 183 Å². The van der Waals surface area contributed by atoms with Crippen LogP contribution < -0.4 is 14.8 Å². The number of methoxy groups -OCH3 is 2. The summed E-state index contributed by atoms with van der Waals surface area (Å²) in [6, 6.07) is 11.1. The SMILES string of the molecule is COc1ccc(OC)c(-c2cn3c(CC(=O)Nc4ccc(C)c(Cl)c4)csc3n2)c1. The van der Waals surface area contributed by atoms with Crippen LogP contribution in [0.1, 0.15) is 11.3 Å². The predicted molar refractivity (Wildman–Crippen MR) is 120 cm³/mol. The summed E-state index contributed by atoms with van der Waals surface area (Å²) in [6.45, 7) is 1.92. The number of halogens is 1. The monoisotopic (exact) mass is 441 g/mol. The quantitative estimate of drug-likeness (QED) is 0.445. The van der Waals surface area contributed by atoms with Gasteiger partial charge in [0, 0.05) is 33.5 Å². The number of nitrogens with one attached hydrogen (secondary N) is 1. The second-order valence-corrected chi connectivity index (χ2v) is 8.00. The lowest BCUT2D eigenvalue weighted by atomic mass is 10.1. The van der Waals surface area contributed by atoms with E-state index >= 15 is 0 Å². The summed E-state index contributed by atoms with van der Waals surface area (Å²) >= 11 is 7.63. The summed E-state index contributed by atoms with van der Waals surface area (Å²) in [4.78, 5) is 18.1. The molecule has 6 nitrogen and oxygen atoms in total. The standard InChI is InChI=1S/C22H20ClN3O3S/c1-13-4-5-14(8-18(13)23)24-21(27)9-15-12-30-22-25-19(11-26(15)22)17-10-16(28-2)6-7-20(17)29-3/h4-8,10-12H,9H2,1-3H3,(H,24,27). The molecule has 0 unspecified atom stereocenters. The lowest BCUT2D eigenvalue weighted by Gasteiger charge is -2.08. The number of aryl methyl sites for hydroxylation is 1. The van der Waals surface area contributed by atoms with Crippen molar-refractivity contribution in [3.8, 4) is 22.8 Å². The Morgan fingerprint density at radius 2 is 2.03 bits per heavy atom. The first-order chi connectivity index (χ1) is 14.5. The number of hydrogen-bond acceptors (Lipinski definition) is 5. The van der Waals surface area contributed by atoms with Crippen molar-refractivity contribution in [1.29, 1.82) is 0 Å². The molecule has 30 heavy (non-hydrogen) atoms. The van der Waals surface area contributed by atoms with E-state index < -0.39 is 0 Å². The molecule has 4 aromatic rings. The van der Waals surface area contributed by atoms with Gasteiger partial charge in [-0.2, -0.15) is 0 Å². The van der Waals surface area contributed by atoms with Gasteiger partial charge in [0.15, 0.2) is 4.96 Å². The normalized spacial score (nSPS) is 10.9. The number of rotatable bonds is 6. The van der Waals surface area contributed by atoms with Gasteiger partial charge in [-0.1, -0.05) is 17.7 Å². The first kappa shape index (κ1) is 20.3. The molecule has 1 amide bonds. The van der Waals surface area contributed by atoms with Gasteiger partial charge in [-0.15, -0.1) is 11.3 Å². The van der Waals surface area contributed by atoms with Gasteiger partial charge >= 0.3 is 0 Å². The summed E-state index contributed by atoms with van der Waals surface area (Å²) in [5.41, 5.74) is 4.08. The molecule has 2 aromatic heterocycles. The molecule has 8 heteroatoms. The molecule has 0 aliphatic heterocycles. The Kier molecular flexibility index (Phi) is 5.65. The Balaban J connectivity index is 1.59. The Morgan fingerprint density at radius 1 is 1.20 bits per heavy atom. The highest BCUT2D eigenvalue weighted by molar-refractivity contribution is 7.15. The van der Waals surface area contributed by atoms with E-state index in [1.54, 1.807) is 20.3 Å². The smallest absolute Gasteiger partial charge is 0.230 e. The maximum absolute atomic E-state index is 12.6. The largest absolute Gasteiger partial charge is 0.497 e. The van der Waals surface area contributed by atoms with E-state index in [2.05, 4.69) is 5.32 Å². The van der Waals surface area contributed by atoms with E-state index in [9.17, 15) is 4.79 Å². The van der Waals surface area contributed by atoms with Crippen LogP contribution in [-0.4, -0.2) is 29.5 Å². The lowest BCUT2D eigenvalue weighted by molar-refractivity contribution is -0.115. The molecule has 0 aliphatic carbocycles. The molecular formula is C22H20ClN3O3S. The van der Waals surface area contributed by atoms with Crippen LogP contribution in [0.5, 0.6) is 11.5 Å². The minimum atomic E-state index is -0.121. The first-order valence-electron chi connectivity index (χ1n) is 9.22. The molecule has 0 saturated carbocycles. The summed E-state index contributed by atoms with van der Waals surface area (Å²) in [5.74, 6) is 1.31. The first-order valence-corrected chi connectivity index (χ1v) is 10.5. The average molecular weight is 442 g/mol. The topological polar surface area (TPSA) is 64.9 Å². The molecule has 0 saturated heterocycles. The fraction of sp³-hybridized carbons (Fsp3) is 0.182. The summed E-state index contributed by atoms with van der Waals surface area (Å²) in [5, 5.41) is 5.46. The zero-order chi connectivity index (χ0) is 21.3. The van der Waals surface area contributed by atoms with Crippen molar-refractivity contribution in [1.82, 2.24) is 9.38 Å². The van der Waals surface area contributed by atoms with E-state index in [0.717, 1.165) is 33.2 Å². The van der Waals surface area contributed by atoms with Crippen molar-refractivity contribution in [3.63, 3.8) is 0 Å². The summed E-state index contributed by atoms with van der Waals surface area (Å²) < 4.78 is 12.7. The molecule has 0 aliphatic rings. The second kappa shape index (κ2) is 8.38. The number of imidazole rings is 1. The Bertz CT molecular complexity index is 1230. The number of benzene rings is 2. The summed E-state index contributed by atoms with van der Waals surface area (Å²) in [7, 11) is 3.24. The lowest BCUT2D eigenvalue weighted by Crippen LogP contribution is -2.15. The Hall–Kier alpha value is -3.03. The van der Waals surface area contributed by atoms with Crippen molar-refractivity contribution in [2.75, 3.05) is 19.5 Å². The number of thiazole rings is 1. The van der Waals surface area contributed by atoms with E-state index in [0.29, 0.717) is 16.5 Å². The van der Waals surface area contributed by atoms with Crippen molar-refractivity contribution >= 4 is 39.5 Å². The number of nitrogens with zero attached hydrogens (tertiary/aromatic N) is 2. The van der Waals surface area contributed by atoms with Crippen LogP contribution in [0.3, 0.4) is 0 Å². The van der Waals surface area contributed by atoms with Crippen LogP contribution in [0.25, 0.3) is 16.2 Å². The molecule has 154 valence electrons. The molecular weight excluding hydrogens is 422 g/mol. The Morgan fingerprint density at radius 3 is 2.77 bits per heavy atom. The average Bonchev–Trinajstić information content (AvgIpc) is 3.32. The molecule has 0 radical (unpaired) electrons. The number of anilines is 1. The predicted octanol–water partition coefficient (Wildman–Crippen LogP) is 5.22. The van der Waals surface area contributed by atoms with E-state index in [-0.39, 0.29) is 12.3 Å². The van der Waals surface area contributed by atoms with Gasteiger partial charge in [-0.3, -0.25) is 9.20 Å². The van der Waals surface area contributed by atoms with Crippen molar-refractivity contribution in [2.24, 2.45) is 0 Å². The van der Waals surface area contributed by atoms with Crippen molar-refractivity contribution in [3.05, 3.63) is 64.3 Å². The molecule has 2 aromatic carbocycles. The van der Waals surface area contributed by atoms with Crippen LogP contribution in [0.15, 0.2) is 48.0 Å². The molecule has 0 spiro atoms. The number of aromatic nitrogens is 2. The van der Waals surface area contributed by atoms with Crippen molar-refractivity contribution in [2.45, 2.75) is 13.3 Å². The molecule has 1 N–H and O–H groups in total. The van der Waals surface area contributed by atoms with E-state index in [1.165, 1.54) is 11.3 Å². The fourth-order valence-electron chi connectivity index (χ4n) is 3.14. The zero-order valence-corrected chi connectivity index (χ0v) is 18.3. The number of amides is 1. The van der Waals surface area contributed by atoms with Gasteiger partial charge in [0.05, 0.1) is 26.3 Å². The second-order valence-electron chi connectivity index (χ2n) is 6.76. The maximum atomic E-state index is 12.6. The third kappa shape index (κ3) is 3.99. The van der Waals surface area contributed by atoms with Crippen LogP contribution in [0.2, 0.25) is 5.02 Å². The van der Waals surface area contributed by atoms with Gasteiger partial charge < -0.3 is 14.8 Å². The van der Waals surface area contributed by atoms with Gasteiger partial charge in [-0.05, 0) is 42.8 Å². The van der Waals surface area contributed by atoms with Gasteiger partial charge in [0.2, 0.25) is 5.91 Å². The highest BCUT2D eigenvalue weighted by atomic mass is 35.5. The van der Waals surface area contributed by atoms with Gasteiger partial charge in [0.1, 0.15) is 11.5 Å². The minimum Gasteiger partial charge on any atom is -0.497 e. The highest BCUT2D eigenvalue weighted by Gasteiger charge is 2.16. The number of carbonyl (C=O) groups excluding carboxylic acids is 1. The molecule has 0 bridgehead atoms. The van der Waals surface area contributed by atoms with Crippen molar-refractivity contribution < 1.29 is 14.3 Å². The maximum Gasteiger partial charge on any atom is 0.230 e. The van der Waals surface area contributed by atoms with Crippen LogP contribution in [-0.2, 0) is 11.2 Å². The third-order valence-electron chi connectivity index (χ3n) is 4.76. The van der Waals surface area contributed by atoms with E-state index in [4.69, 9.17) is 26.1 Å². The molecule has 4 rings (SSSR count). The molecule has 0 fully saturated rings. The number of hydrogen-bond donors (Lipinski definition) is 1. The van der Waals surface area contributed by atoms with Crippen LogP contribution >= 0.6 is 22.9 Å². The zero-order valence-electron chi connectivity index (χ0n) is 16.7. The number of carbonyl (C=O) groups is 1. The fourth-order valence-corrected chi connectivity index (χ4v) is 4.19. The number of fused-ring (bicyclic) bond motifs is 1. The summed E-state index contributed by atoms with van der Waals surface area (Å²) in [6.07, 6.45) is 2.13. The van der Waals surface area contributed by atoms with Gasteiger partial charge in [-0.25, -0.2) is 4.98 Å².